The summed E-state index contributed by atoms with van der Waals surface area (Å²) in [5, 5.41) is 12.3. The Morgan fingerprint density at radius 1 is 1.44 bits per heavy atom. The van der Waals surface area contributed by atoms with E-state index in [2.05, 4.69) is 5.32 Å². The molecule has 5 nitrogen and oxygen atoms in total. The van der Waals surface area contributed by atoms with E-state index in [9.17, 15) is 9.90 Å². The molecule has 0 saturated heterocycles. The molecule has 5 heteroatoms. The number of aliphatic hydroxyl groups excluding tert-OH is 1. The first-order valence-corrected chi connectivity index (χ1v) is 5.71. The van der Waals surface area contributed by atoms with Crippen molar-refractivity contribution in [2.75, 3.05) is 0 Å². The van der Waals surface area contributed by atoms with Gasteiger partial charge in [0.15, 0.2) is 0 Å². The van der Waals surface area contributed by atoms with Crippen molar-refractivity contribution in [1.82, 2.24) is 5.32 Å². The van der Waals surface area contributed by atoms with Crippen LogP contribution in [-0.4, -0.2) is 35.0 Å². The molecule has 1 fully saturated rings. The lowest BCUT2D eigenvalue weighted by molar-refractivity contribution is 0.0429. The van der Waals surface area contributed by atoms with E-state index in [0.29, 0.717) is 6.42 Å². The summed E-state index contributed by atoms with van der Waals surface area (Å²) in [7, 11) is 0. The molecule has 4 N–H and O–H groups in total. The number of amides is 1. The van der Waals surface area contributed by atoms with Crippen LogP contribution in [0.3, 0.4) is 0 Å². The van der Waals surface area contributed by atoms with E-state index in [0.717, 1.165) is 12.8 Å². The zero-order valence-electron chi connectivity index (χ0n) is 10.2. The molecule has 1 amide bonds. The number of alkyl carbamates (subject to hydrolysis) is 1. The predicted molar refractivity (Wildman–Crippen MR) is 61.0 cm³/mol. The number of carbonyl (C=O) groups is 1. The Hall–Kier alpha value is -0.810. The highest BCUT2D eigenvalue weighted by atomic mass is 16.6. The average molecular weight is 230 g/mol. The molecule has 0 aliphatic heterocycles. The molecular weight excluding hydrogens is 208 g/mol. The van der Waals surface area contributed by atoms with Crippen molar-refractivity contribution in [1.29, 1.82) is 0 Å². The fourth-order valence-corrected chi connectivity index (χ4v) is 1.78. The second-order valence-electron chi connectivity index (χ2n) is 5.39. The highest BCUT2D eigenvalue weighted by Crippen LogP contribution is 2.18. The van der Waals surface area contributed by atoms with E-state index in [4.69, 9.17) is 10.5 Å². The number of aliphatic hydroxyl groups is 1. The van der Waals surface area contributed by atoms with Gasteiger partial charge in [-0.2, -0.15) is 0 Å². The van der Waals surface area contributed by atoms with Crippen molar-refractivity contribution in [2.24, 2.45) is 5.73 Å². The molecule has 1 saturated carbocycles. The van der Waals surface area contributed by atoms with Gasteiger partial charge in [-0.15, -0.1) is 0 Å². The van der Waals surface area contributed by atoms with Crippen LogP contribution in [-0.2, 0) is 4.74 Å². The van der Waals surface area contributed by atoms with Gasteiger partial charge in [-0.1, -0.05) is 0 Å². The van der Waals surface area contributed by atoms with Gasteiger partial charge < -0.3 is 20.9 Å². The maximum absolute atomic E-state index is 11.5. The Bertz CT molecular complexity index is 250. The van der Waals surface area contributed by atoms with Gasteiger partial charge in [-0.05, 0) is 40.0 Å². The number of nitrogens with two attached hydrogens (primary N) is 1. The first-order chi connectivity index (χ1) is 7.28. The van der Waals surface area contributed by atoms with Crippen molar-refractivity contribution in [3.63, 3.8) is 0 Å². The molecule has 0 aromatic carbocycles. The molecule has 0 aromatic rings. The third-order valence-corrected chi connectivity index (χ3v) is 2.59. The first-order valence-electron chi connectivity index (χ1n) is 5.71. The first kappa shape index (κ1) is 13.3. The van der Waals surface area contributed by atoms with Crippen molar-refractivity contribution < 1.29 is 14.6 Å². The Balaban J connectivity index is 2.35. The van der Waals surface area contributed by atoms with E-state index >= 15 is 0 Å². The molecule has 0 aromatic heterocycles. The van der Waals surface area contributed by atoms with Crippen molar-refractivity contribution in [3.05, 3.63) is 0 Å². The number of nitrogens with one attached hydrogen (secondary N) is 1. The molecule has 1 rings (SSSR count). The molecular formula is C11H22N2O3. The minimum Gasteiger partial charge on any atom is -0.444 e. The van der Waals surface area contributed by atoms with E-state index in [1.165, 1.54) is 0 Å². The van der Waals surface area contributed by atoms with Crippen molar-refractivity contribution in [2.45, 2.75) is 63.8 Å². The zero-order valence-corrected chi connectivity index (χ0v) is 10.2. The number of rotatable bonds is 1. The Morgan fingerprint density at radius 2 is 2.06 bits per heavy atom. The summed E-state index contributed by atoms with van der Waals surface area (Å²) < 4.78 is 5.14. The second kappa shape index (κ2) is 5.01. The maximum atomic E-state index is 11.5. The fourth-order valence-electron chi connectivity index (χ4n) is 1.78. The van der Waals surface area contributed by atoms with Crippen LogP contribution in [0.4, 0.5) is 4.79 Å². The van der Waals surface area contributed by atoms with Gasteiger partial charge in [0.2, 0.25) is 0 Å². The molecule has 0 spiro atoms. The largest absolute Gasteiger partial charge is 0.444 e. The van der Waals surface area contributed by atoms with Gasteiger partial charge in [0.1, 0.15) is 5.60 Å². The van der Waals surface area contributed by atoms with Crippen LogP contribution in [0.15, 0.2) is 0 Å². The lowest BCUT2D eigenvalue weighted by atomic mass is 9.89. The predicted octanol–water partition coefficient (Wildman–Crippen LogP) is 0.752. The highest BCUT2D eigenvalue weighted by molar-refractivity contribution is 5.68. The topological polar surface area (TPSA) is 84.6 Å². The fraction of sp³-hybridized carbons (Fsp3) is 0.909. The molecule has 0 bridgehead atoms. The minimum absolute atomic E-state index is 0.0374. The number of carbonyl (C=O) groups excluding carboxylic acids is 1. The maximum Gasteiger partial charge on any atom is 0.407 e. The zero-order chi connectivity index (χ0) is 12.3. The van der Waals surface area contributed by atoms with Crippen molar-refractivity contribution in [3.8, 4) is 0 Å². The average Bonchev–Trinajstić information content (AvgIpc) is 2.08. The number of hydrogen-bond donors (Lipinski definition) is 3. The quantitative estimate of drug-likeness (QED) is 0.620. The summed E-state index contributed by atoms with van der Waals surface area (Å²) >= 11 is 0. The van der Waals surface area contributed by atoms with Crippen LogP contribution in [0.1, 0.15) is 40.0 Å². The third-order valence-electron chi connectivity index (χ3n) is 2.59. The normalized spacial score (nSPS) is 30.9. The Morgan fingerprint density at radius 3 is 2.56 bits per heavy atom. The van der Waals surface area contributed by atoms with Gasteiger partial charge in [0.05, 0.1) is 6.10 Å². The summed E-state index contributed by atoms with van der Waals surface area (Å²) in [4.78, 5) is 11.5. The molecule has 3 atom stereocenters. The summed E-state index contributed by atoms with van der Waals surface area (Å²) in [5.74, 6) is 0. The molecule has 0 radical (unpaired) electrons. The van der Waals surface area contributed by atoms with Crippen LogP contribution >= 0.6 is 0 Å². The summed E-state index contributed by atoms with van der Waals surface area (Å²) in [6, 6.07) is -0.207. The third kappa shape index (κ3) is 4.37. The van der Waals surface area contributed by atoms with Gasteiger partial charge in [0, 0.05) is 12.1 Å². The lowest BCUT2D eigenvalue weighted by Crippen LogP contribution is -2.48. The Labute approximate surface area is 96.3 Å². The van der Waals surface area contributed by atoms with Crippen molar-refractivity contribution >= 4 is 6.09 Å². The van der Waals surface area contributed by atoms with Crippen LogP contribution < -0.4 is 11.1 Å². The molecule has 16 heavy (non-hydrogen) atoms. The summed E-state index contributed by atoms with van der Waals surface area (Å²) in [6.07, 6.45) is 1.05. The molecule has 0 unspecified atom stereocenters. The highest BCUT2D eigenvalue weighted by Gasteiger charge is 2.28. The van der Waals surface area contributed by atoms with Gasteiger partial charge in [-0.25, -0.2) is 4.79 Å². The SMILES string of the molecule is CC(C)(C)OC(=O)N[C@H]1CC[C@H](N)[C@@H](O)C1. The Kier molecular flexibility index (Phi) is 4.15. The van der Waals surface area contributed by atoms with Crippen LogP contribution in [0, 0.1) is 0 Å². The summed E-state index contributed by atoms with van der Waals surface area (Å²) in [5.41, 5.74) is 5.19. The molecule has 0 heterocycles. The van der Waals surface area contributed by atoms with Crippen LogP contribution in [0.2, 0.25) is 0 Å². The monoisotopic (exact) mass is 230 g/mol. The van der Waals surface area contributed by atoms with E-state index < -0.39 is 17.8 Å². The van der Waals surface area contributed by atoms with E-state index in [1.807, 2.05) is 20.8 Å². The lowest BCUT2D eigenvalue weighted by Gasteiger charge is -2.31. The molecule has 1 aliphatic rings. The smallest absolute Gasteiger partial charge is 0.407 e. The molecule has 1 aliphatic carbocycles. The van der Waals surface area contributed by atoms with Crippen LogP contribution in [0.25, 0.3) is 0 Å². The van der Waals surface area contributed by atoms with Crippen LogP contribution in [0.5, 0.6) is 0 Å². The minimum atomic E-state index is -0.534. The van der Waals surface area contributed by atoms with E-state index in [-0.39, 0.29) is 12.1 Å². The van der Waals surface area contributed by atoms with E-state index in [1.54, 1.807) is 0 Å². The second-order valence-corrected chi connectivity index (χ2v) is 5.39. The molecule has 94 valence electrons. The summed E-state index contributed by atoms with van der Waals surface area (Å²) in [6.45, 7) is 5.45. The number of ether oxygens (including phenoxy) is 1. The standard InChI is InChI=1S/C11H22N2O3/c1-11(2,3)16-10(15)13-7-4-5-8(12)9(14)6-7/h7-9,14H,4-6,12H2,1-3H3,(H,13,15)/t7-,8-,9-/m0/s1. The van der Waals surface area contributed by atoms with Gasteiger partial charge in [-0.3, -0.25) is 0 Å². The number of hydrogen-bond acceptors (Lipinski definition) is 4. The van der Waals surface area contributed by atoms with Gasteiger partial charge >= 0.3 is 6.09 Å². The van der Waals surface area contributed by atoms with Gasteiger partial charge in [0.25, 0.3) is 0 Å².